The van der Waals surface area contributed by atoms with Crippen LogP contribution in [0.4, 0.5) is 11.4 Å². The summed E-state index contributed by atoms with van der Waals surface area (Å²) in [5, 5.41) is 2.98. The minimum Gasteiger partial charge on any atom is -0.372 e. The molecule has 0 atom stereocenters. The number of nitrogens with zero attached hydrogens (tertiary/aromatic N) is 2. The molecule has 2 aliphatic rings. The third kappa shape index (κ3) is 3.74. The molecule has 0 aromatic heterocycles. The Morgan fingerprint density at radius 2 is 1.66 bits per heavy atom. The van der Waals surface area contributed by atoms with Crippen molar-refractivity contribution in [1.29, 1.82) is 0 Å². The number of rotatable bonds is 6. The van der Waals surface area contributed by atoms with E-state index in [9.17, 15) is 9.59 Å². The Morgan fingerprint density at radius 1 is 1.00 bits per heavy atom. The lowest BCUT2D eigenvalue weighted by Crippen LogP contribution is -2.45. The van der Waals surface area contributed by atoms with Gasteiger partial charge in [-0.2, -0.15) is 0 Å². The van der Waals surface area contributed by atoms with Crippen LogP contribution in [0.3, 0.4) is 0 Å². The first kappa shape index (κ1) is 19.5. The first-order valence-corrected chi connectivity index (χ1v) is 10.6. The SMILES string of the molecule is CCN(CC)c1ccc(NC(=O)C2(C(=O)N3CCc4ccccc4C3)CC2)cc1. The summed E-state index contributed by atoms with van der Waals surface area (Å²) in [7, 11) is 0. The summed E-state index contributed by atoms with van der Waals surface area (Å²) in [5.74, 6) is -0.193. The van der Waals surface area contributed by atoms with E-state index in [1.807, 2.05) is 41.3 Å². The van der Waals surface area contributed by atoms with Crippen LogP contribution < -0.4 is 10.2 Å². The van der Waals surface area contributed by atoms with Crippen molar-refractivity contribution in [2.75, 3.05) is 29.9 Å². The van der Waals surface area contributed by atoms with Gasteiger partial charge in [-0.3, -0.25) is 9.59 Å². The van der Waals surface area contributed by atoms with Crippen LogP contribution in [0.2, 0.25) is 0 Å². The Bertz CT molecular complexity index is 899. The zero-order valence-electron chi connectivity index (χ0n) is 17.3. The van der Waals surface area contributed by atoms with E-state index in [4.69, 9.17) is 0 Å². The van der Waals surface area contributed by atoms with E-state index < -0.39 is 5.41 Å². The number of hydrogen-bond acceptors (Lipinski definition) is 3. The Balaban J connectivity index is 1.43. The highest BCUT2D eigenvalue weighted by atomic mass is 16.2. The van der Waals surface area contributed by atoms with Gasteiger partial charge in [0, 0.05) is 37.6 Å². The number of amides is 2. The maximum Gasteiger partial charge on any atom is 0.240 e. The summed E-state index contributed by atoms with van der Waals surface area (Å²) in [5.41, 5.74) is 3.49. The molecule has 152 valence electrons. The fourth-order valence-corrected chi connectivity index (χ4v) is 4.23. The van der Waals surface area contributed by atoms with Crippen molar-refractivity contribution in [3.63, 3.8) is 0 Å². The van der Waals surface area contributed by atoms with Gasteiger partial charge in [0.25, 0.3) is 0 Å². The number of hydrogen-bond donors (Lipinski definition) is 1. The molecule has 0 spiro atoms. The molecule has 5 heteroatoms. The predicted molar refractivity (Wildman–Crippen MR) is 116 cm³/mol. The standard InChI is InChI=1S/C24H29N3O2/c1-3-26(4-2)21-11-9-20(10-12-21)25-22(28)24(14-15-24)23(29)27-16-13-18-7-5-6-8-19(18)17-27/h5-12H,3-4,13-17H2,1-2H3,(H,25,28). The third-order valence-electron chi connectivity index (χ3n) is 6.27. The lowest BCUT2D eigenvalue weighted by molar-refractivity contribution is -0.143. The zero-order valence-corrected chi connectivity index (χ0v) is 17.3. The van der Waals surface area contributed by atoms with Crippen molar-refractivity contribution >= 4 is 23.2 Å². The number of carbonyl (C=O) groups excluding carboxylic acids is 2. The molecular weight excluding hydrogens is 362 g/mol. The topological polar surface area (TPSA) is 52.7 Å². The quantitative estimate of drug-likeness (QED) is 0.762. The van der Waals surface area contributed by atoms with E-state index >= 15 is 0 Å². The average Bonchev–Trinajstić information content (AvgIpc) is 3.57. The van der Waals surface area contributed by atoms with Gasteiger partial charge in [-0.15, -0.1) is 0 Å². The van der Waals surface area contributed by atoms with Crippen LogP contribution in [0, 0.1) is 5.41 Å². The molecule has 1 N–H and O–H groups in total. The minimum atomic E-state index is -0.885. The van der Waals surface area contributed by atoms with Crippen molar-refractivity contribution < 1.29 is 9.59 Å². The molecule has 0 unspecified atom stereocenters. The Morgan fingerprint density at radius 3 is 2.28 bits per heavy atom. The van der Waals surface area contributed by atoms with E-state index in [1.54, 1.807) is 0 Å². The second-order valence-corrected chi connectivity index (χ2v) is 8.00. The van der Waals surface area contributed by atoms with Crippen molar-refractivity contribution in [2.45, 2.75) is 39.7 Å². The summed E-state index contributed by atoms with van der Waals surface area (Å²) in [6, 6.07) is 16.1. The van der Waals surface area contributed by atoms with E-state index in [1.165, 1.54) is 11.1 Å². The number of nitrogens with one attached hydrogen (secondary N) is 1. The van der Waals surface area contributed by atoms with Gasteiger partial charge in [-0.05, 0) is 68.5 Å². The number of anilines is 2. The van der Waals surface area contributed by atoms with Crippen molar-refractivity contribution in [3.8, 4) is 0 Å². The van der Waals surface area contributed by atoms with E-state index in [-0.39, 0.29) is 11.8 Å². The van der Waals surface area contributed by atoms with Crippen molar-refractivity contribution in [3.05, 3.63) is 59.7 Å². The van der Waals surface area contributed by atoms with Gasteiger partial charge in [-0.25, -0.2) is 0 Å². The molecule has 2 aromatic rings. The van der Waals surface area contributed by atoms with Gasteiger partial charge < -0.3 is 15.1 Å². The van der Waals surface area contributed by atoms with Crippen molar-refractivity contribution in [2.24, 2.45) is 5.41 Å². The van der Waals surface area contributed by atoms with E-state index in [0.717, 1.165) is 30.9 Å². The summed E-state index contributed by atoms with van der Waals surface area (Å²) < 4.78 is 0. The molecule has 2 aromatic carbocycles. The highest BCUT2D eigenvalue weighted by Crippen LogP contribution is 2.48. The largest absolute Gasteiger partial charge is 0.372 e. The van der Waals surface area contributed by atoms with E-state index in [2.05, 4.69) is 36.2 Å². The highest BCUT2D eigenvalue weighted by Gasteiger charge is 2.58. The highest BCUT2D eigenvalue weighted by molar-refractivity contribution is 6.13. The van der Waals surface area contributed by atoms with Gasteiger partial charge in [0.1, 0.15) is 5.41 Å². The molecule has 5 nitrogen and oxygen atoms in total. The summed E-state index contributed by atoms with van der Waals surface area (Å²) in [4.78, 5) is 30.3. The Labute approximate surface area is 172 Å². The summed E-state index contributed by atoms with van der Waals surface area (Å²) in [6.45, 7) is 7.42. The van der Waals surface area contributed by atoms with Crippen LogP contribution in [0.5, 0.6) is 0 Å². The Kier molecular flexibility index (Phi) is 5.31. The van der Waals surface area contributed by atoms with Crippen LogP contribution in [-0.2, 0) is 22.6 Å². The second kappa shape index (κ2) is 7.90. The molecule has 0 radical (unpaired) electrons. The van der Waals surface area contributed by atoms with Gasteiger partial charge in [-0.1, -0.05) is 24.3 Å². The maximum atomic E-state index is 13.2. The van der Waals surface area contributed by atoms with Crippen LogP contribution in [0.1, 0.15) is 37.8 Å². The smallest absolute Gasteiger partial charge is 0.240 e. The summed E-state index contributed by atoms with van der Waals surface area (Å²) in [6.07, 6.45) is 2.12. The molecule has 2 amide bonds. The molecule has 1 fully saturated rings. The minimum absolute atomic E-state index is 0.0238. The molecule has 0 bridgehead atoms. The maximum absolute atomic E-state index is 13.2. The fourth-order valence-electron chi connectivity index (χ4n) is 4.23. The molecule has 1 aliphatic carbocycles. The van der Waals surface area contributed by atoms with Crippen LogP contribution >= 0.6 is 0 Å². The third-order valence-corrected chi connectivity index (χ3v) is 6.27. The number of carbonyl (C=O) groups is 2. The van der Waals surface area contributed by atoms with Gasteiger partial charge in [0.15, 0.2) is 0 Å². The van der Waals surface area contributed by atoms with Crippen molar-refractivity contribution in [1.82, 2.24) is 4.90 Å². The lowest BCUT2D eigenvalue weighted by Gasteiger charge is -2.31. The van der Waals surface area contributed by atoms with Gasteiger partial charge >= 0.3 is 0 Å². The average molecular weight is 392 g/mol. The van der Waals surface area contributed by atoms with Gasteiger partial charge in [0.2, 0.25) is 11.8 Å². The Hall–Kier alpha value is -2.82. The number of benzene rings is 2. The first-order valence-electron chi connectivity index (χ1n) is 10.6. The number of fused-ring (bicyclic) bond motifs is 1. The van der Waals surface area contributed by atoms with E-state index in [0.29, 0.717) is 25.9 Å². The summed E-state index contributed by atoms with van der Waals surface area (Å²) >= 11 is 0. The second-order valence-electron chi connectivity index (χ2n) is 8.00. The van der Waals surface area contributed by atoms with Gasteiger partial charge in [0.05, 0.1) is 0 Å². The zero-order chi connectivity index (χ0) is 20.4. The predicted octanol–water partition coefficient (Wildman–Crippen LogP) is 3.84. The van der Waals surface area contributed by atoms with Crippen LogP contribution in [-0.4, -0.2) is 36.3 Å². The molecule has 1 aliphatic heterocycles. The molecule has 0 saturated heterocycles. The van der Waals surface area contributed by atoms with Crippen LogP contribution in [0.25, 0.3) is 0 Å². The first-order chi connectivity index (χ1) is 14.1. The van der Waals surface area contributed by atoms with Crippen LogP contribution in [0.15, 0.2) is 48.5 Å². The molecule has 1 heterocycles. The fraction of sp³-hybridized carbons (Fsp3) is 0.417. The molecule has 4 rings (SSSR count). The normalized spacial score (nSPS) is 16.7. The molecule has 29 heavy (non-hydrogen) atoms. The lowest BCUT2D eigenvalue weighted by atomic mass is 9.97. The monoisotopic (exact) mass is 391 g/mol. The molecular formula is C24H29N3O2. The molecule has 1 saturated carbocycles.